The van der Waals surface area contributed by atoms with Gasteiger partial charge >= 0.3 is 12.2 Å². The fourth-order valence-corrected chi connectivity index (χ4v) is 2.83. The SMILES string of the molecule is CCc1nnc(CNC(=O)NC[C@H]2CCCC[C@H]2C(F)(F)F)o1. The third-order valence-electron chi connectivity index (χ3n) is 4.07. The summed E-state index contributed by atoms with van der Waals surface area (Å²) in [4.78, 5) is 11.7. The predicted octanol–water partition coefficient (Wildman–Crippen LogP) is 2.80. The Balaban J connectivity index is 1.76. The van der Waals surface area contributed by atoms with Gasteiger partial charge in [0, 0.05) is 13.0 Å². The Morgan fingerprint density at radius 3 is 2.57 bits per heavy atom. The van der Waals surface area contributed by atoms with E-state index in [1.165, 1.54) is 0 Å². The largest absolute Gasteiger partial charge is 0.423 e. The van der Waals surface area contributed by atoms with Crippen LogP contribution in [0.15, 0.2) is 4.42 Å². The third-order valence-corrected chi connectivity index (χ3v) is 4.07. The summed E-state index contributed by atoms with van der Waals surface area (Å²) in [7, 11) is 0. The molecular formula is C14H21F3N4O2. The van der Waals surface area contributed by atoms with E-state index in [4.69, 9.17) is 4.42 Å². The number of nitrogens with zero attached hydrogens (tertiary/aromatic N) is 2. The zero-order valence-corrected chi connectivity index (χ0v) is 12.9. The normalized spacial score (nSPS) is 21.9. The Morgan fingerprint density at radius 1 is 1.22 bits per heavy atom. The van der Waals surface area contributed by atoms with Crippen LogP contribution in [0.25, 0.3) is 0 Å². The van der Waals surface area contributed by atoms with Gasteiger partial charge < -0.3 is 15.1 Å². The molecule has 1 aromatic heterocycles. The Bertz CT molecular complexity index is 518. The molecule has 1 aliphatic rings. The van der Waals surface area contributed by atoms with Crippen molar-refractivity contribution in [2.45, 2.75) is 51.7 Å². The maximum atomic E-state index is 13.0. The second-order valence-corrected chi connectivity index (χ2v) is 5.70. The Labute approximate surface area is 132 Å². The molecule has 1 saturated carbocycles. The van der Waals surface area contributed by atoms with Gasteiger partial charge in [-0.1, -0.05) is 19.8 Å². The molecule has 0 spiro atoms. The number of alkyl halides is 3. The quantitative estimate of drug-likeness (QED) is 0.868. The highest BCUT2D eigenvalue weighted by Crippen LogP contribution is 2.41. The summed E-state index contributed by atoms with van der Waals surface area (Å²) in [6.07, 6.45) is -1.64. The van der Waals surface area contributed by atoms with Crippen molar-refractivity contribution in [2.24, 2.45) is 11.8 Å². The van der Waals surface area contributed by atoms with Gasteiger partial charge in [0.05, 0.1) is 12.5 Å². The minimum Gasteiger partial charge on any atom is -0.423 e. The summed E-state index contributed by atoms with van der Waals surface area (Å²) in [5.74, 6) is -1.16. The van der Waals surface area contributed by atoms with Crippen molar-refractivity contribution >= 4 is 6.03 Å². The van der Waals surface area contributed by atoms with Crippen LogP contribution < -0.4 is 10.6 Å². The van der Waals surface area contributed by atoms with Gasteiger partial charge in [-0.25, -0.2) is 4.79 Å². The first-order valence-electron chi connectivity index (χ1n) is 7.79. The molecule has 0 unspecified atom stereocenters. The lowest BCUT2D eigenvalue weighted by molar-refractivity contribution is -0.195. The molecule has 6 nitrogen and oxygen atoms in total. The van der Waals surface area contributed by atoms with Gasteiger partial charge in [0.1, 0.15) is 0 Å². The molecule has 0 aromatic carbocycles. The molecule has 23 heavy (non-hydrogen) atoms. The monoisotopic (exact) mass is 334 g/mol. The van der Waals surface area contributed by atoms with Crippen molar-refractivity contribution < 1.29 is 22.4 Å². The van der Waals surface area contributed by atoms with E-state index in [9.17, 15) is 18.0 Å². The van der Waals surface area contributed by atoms with E-state index in [1.807, 2.05) is 6.92 Å². The van der Waals surface area contributed by atoms with Crippen LogP contribution in [0.1, 0.15) is 44.4 Å². The zero-order valence-electron chi connectivity index (χ0n) is 12.9. The van der Waals surface area contributed by atoms with Gasteiger partial charge in [0.15, 0.2) is 0 Å². The first-order chi connectivity index (χ1) is 10.9. The van der Waals surface area contributed by atoms with Gasteiger partial charge in [0.2, 0.25) is 11.8 Å². The molecule has 0 saturated heterocycles. The molecule has 1 heterocycles. The summed E-state index contributed by atoms with van der Waals surface area (Å²) in [6.45, 7) is 1.92. The second kappa shape index (κ2) is 7.65. The summed E-state index contributed by atoms with van der Waals surface area (Å²) < 4.78 is 44.1. The highest BCUT2D eigenvalue weighted by Gasteiger charge is 2.45. The van der Waals surface area contributed by atoms with Crippen molar-refractivity contribution in [2.75, 3.05) is 6.54 Å². The highest BCUT2D eigenvalue weighted by atomic mass is 19.4. The lowest BCUT2D eigenvalue weighted by Gasteiger charge is -2.33. The van der Waals surface area contributed by atoms with Gasteiger partial charge in [0.25, 0.3) is 0 Å². The minimum absolute atomic E-state index is 0.0139. The number of hydrogen-bond acceptors (Lipinski definition) is 4. The molecule has 2 rings (SSSR count). The predicted molar refractivity (Wildman–Crippen MR) is 75.4 cm³/mol. The molecule has 9 heteroatoms. The minimum atomic E-state index is -4.20. The van der Waals surface area contributed by atoms with Crippen molar-refractivity contribution in [1.82, 2.24) is 20.8 Å². The first-order valence-corrected chi connectivity index (χ1v) is 7.79. The standard InChI is InChI=1S/C14H21F3N4O2/c1-2-11-20-21-12(23-11)8-19-13(22)18-7-9-5-3-4-6-10(9)14(15,16)17/h9-10H,2-8H2,1H3,(H2,18,19,22)/t9-,10-/m1/s1. The Morgan fingerprint density at radius 2 is 1.91 bits per heavy atom. The molecule has 1 aromatic rings. The molecule has 0 radical (unpaired) electrons. The second-order valence-electron chi connectivity index (χ2n) is 5.70. The molecule has 130 valence electrons. The fraction of sp³-hybridized carbons (Fsp3) is 0.786. The molecule has 1 fully saturated rings. The van der Waals surface area contributed by atoms with E-state index < -0.39 is 24.0 Å². The van der Waals surface area contributed by atoms with E-state index in [0.717, 1.165) is 6.42 Å². The topological polar surface area (TPSA) is 80.0 Å². The number of nitrogens with one attached hydrogen (secondary N) is 2. The van der Waals surface area contributed by atoms with Crippen LogP contribution in [0.4, 0.5) is 18.0 Å². The lowest BCUT2D eigenvalue weighted by atomic mass is 9.79. The van der Waals surface area contributed by atoms with Gasteiger partial charge in [-0.05, 0) is 18.8 Å². The molecule has 2 atom stereocenters. The average molecular weight is 334 g/mol. The number of urea groups is 1. The number of halogens is 3. The highest BCUT2D eigenvalue weighted by molar-refractivity contribution is 5.73. The Hall–Kier alpha value is -1.80. The number of carbonyl (C=O) groups excluding carboxylic acids is 1. The van der Waals surface area contributed by atoms with Crippen molar-refractivity contribution in [3.63, 3.8) is 0 Å². The van der Waals surface area contributed by atoms with E-state index in [1.54, 1.807) is 0 Å². The number of aromatic nitrogens is 2. The summed E-state index contributed by atoms with van der Waals surface area (Å²) >= 11 is 0. The average Bonchev–Trinajstić information content (AvgIpc) is 2.98. The van der Waals surface area contributed by atoms with Crippen LogP contribution in [0, 0.1) is 11.8 Å². The number of aryl methyl sites for hydroxylation is 1. The fourth-order valence-electron chi connectivity index (χ4n) is 2.83. The van der Waals surface area contributed by atoms with Crippen LogP contribution in [0.2, 0.25) is 0 Å². The molecule has 0 bridgehead atoms. The van der Waals surface area contributed by atoms with E-state index in [2.05, 4.69) is 20.8 Å². The van der Waals surface area contributed by atoms with Crippen LogP contribution in [0.3, 0.4) is 0 Å². The van der Waals surface area contributed by atoms with Gasteiger partial charge in [-0.15, -0.1) is 10.2 Å². The first kappa shape index (κ1) is 17.6. The van der Waals surface area contributed by atoms with E-state index >= 15 is 0 Å². The zero-order chi connectivity index (χ0) is 16.9. The van der Waals surface area contributed by atoms with Crippen molar-refractivity contribution in [1.29, 1.82) is 0 Å². The van der Waals surface area contributed by atoms with E-state index in [-0.39, 0.29) is 25.4 Å². The molecule has 2 N–H and O–H groups in total. The molecular weight excluding hydrogens is 313 g/mol. The summed E-state index contributed by atoms with van der Waals surface area (Å²) in [6, 6.07) is -0.534. The maximum Gasteiger partial charge on any atom is 0.392 e. The Kier molecular flexibility index (Phi) is 5.84. The van der Waals surface area contributed by atoms with Crippen LogP contribution in [0.5, 0.6) is 0 Å². The van der Waals surface area contributed by atoms with Crippen molar-refractivity contribution in [3.8, 4) is 0 Å². The molecule has 1 aliphatic carbocycles. The third kappa shape index (κ3) is 5.11. The summed E-state index contributed by atoms with van der Waals surface area (Å²) in [5.41, 5.74) is 0. The van der Waals surface area contributed by atoms with Crippen LogP contribution in [-0.2, 0) is 13.0 Å². The number of rotatable bonds is 5. The van der Waals surface area contributed by atoms with Crippen LogP contribution in [-0.4, -0.2) is 28.9 Å². The van der Waals surface area contributed by atoms with E-state index in [0.29, 0.717) is 25.2 Å². The molecule has 0 aliphatic heterocycles. The van der Waals surface area contributed by atoms with Gasteiger partial charge in [-0.3, -0.25) is 0 Å². The smallest absolute Gasteiger partial charge is 0.392 e. The van der Waals surface area contributed by atoms with Gasteiger partial charge in [-0.2, -0.15) is 13.2 Å². The molecule has 2 amide bonds. The van der Waals surface area contributed by atoms with Crippen molar-refractivity contribution in [3.05, 3.63) is 11.8 Å². The number of amides is 2. The number of carbonyl (C=O) groups is 1. The maximum absolute atomic E-state index is 13.0. The van der Waals surface area contributed by atoms with Crippen LogP contribution >= 0.6 is 0 Å². The number of hydrogen-bond donors (Lipinski definition) is 2. The lowest BCUT2D eigenvalue weighted by Crippen LogP contribution is -2.43. The summed E-state index contributed by atoms with van der Waals surface area (Å²) in [5, 5.41) is 12.5.